The minimum absolute atomic E-state index is 0.0667. The summed E-state index contributed by atoms with van der Waals surface area (Å²) in [6.45, 7) is 1.29. The molecule has 3 amide bonds. The van der Waals surface area contributed by atoms with Gasteiger partial charge in [0.15, 0.2) is 0 Å². The number of nitrogens with one attached hydrogen (secondary N) is 2. The van der Waals surface area contributed by atoms with E-state index >= 15 is 0 Å². The number of primary amides is 1. The van der Waals surface area contributed by atoms with Crippen molar-refractivity contribution in [2.75, 3.05) is 18.9 Å². The van der Waals surface area contributed by atoms with Crippen LogP contribution in [0.25, 0.3) is 0 Å². The van der Waals surface area contributed by atoms with Crippen LogP contribution in [0.5, 0.6) is 0 Å². The van der Waals surface area contributed by atoms with Gasteiger partial charge >= 0.3 is 6.03 Å². The average molecular weight is 332 g/mol. The Labute approximate surface area is 143 Å². The first-order valence-corrected chi connectivity index (χ1v) is 8.67. The fourth-order valence-corrected chi connectivity index (χ4v) is 3.12. The van der Waals surface area contributed by atoms with Gasteiger partial charge in [0.05, 0.1) is 0 Å². The molecule has 0 spiro atoms. The topological polar surface area (TPSA) is 87.5 Å². The molecule has 0 unspecified atom stereocenters. The van der Waals surface area contributed by atoms with E-state index in [1.807, 2.05) is 12.1 Å². The van der Waals surface area contributed by atoms with Crippen molar-refractivity contribution in [3.63, 3.8) is 0 Å². The molecule has 1 aliphatic rings. The molecule has 4 N–H and O–H groups in total. The molecule has 2 rings (SSSR count). The minimum Gasteiger partial charge on any atom is -0.352 e. The third-order valence-corrected chi connectivity index (χ3v) is 4.60. The normalized spacial score (nSPS) is 15.2. The van der Waals surface area contributed by atoms with Crippen LogP contribution in [-0.2, 0) is 11.3 Å². The second-order valence-corrected chi connectivity index (χ2v) is 6.49. The number of carbonyl (C=O) groups is 2. The van der Waals surface area contributed by atoms with Crippen molar-refractivity contribution < 1.29 is 9.59 Å². The van der Waals surface area contributed by atoms with Crippen LogP contribution in [0.4, 0.5) is 10.5 Å². The number of urea groups is 1. The molecule has 1 saturated carbocycles. The van der Waals surface area contributed by atoms with Gasteiger partial charge in [-0.2, -0.15) is 0 Å². The SMILES string of the molecule is CN(CCC(=O)NCc1ccc(NC(N)=O)cc1)C1CCCCC1. The van der Waals surface area contributed by atoms with Gasteiger partial charge in [-0.3, -0.25) is 4.79 Å². The predicted molar refractivity (Wildman–Crippen MR) is 95.6 cm³/mol. The largest absolute Gasteiger partial charge is 0.352 e. The third kappa shape index (κ3) is 6.20. The van der Waals surface area contributed by atoms with E-state index in [0.29, 0.717) is 24.7 Å². The number of rotatable bonds is 7. The van der Waals surface area contributed by atoms with Crippen LogP contribution >= 0.6 is 0 Å². The Morgan fingerprint density at radius 2 is 1.83 bits per heavy atom. The van der Waals surface area contributed by atoms with E-state index in [2.05, 4.69) is 22.6 Å². The second kappa shape index (κ2) is 9.27. The monoisotopic (exact) mass is 332 g/mol. The van der Waals surface area contributed by atoms with Crippen molar-refractivity contribution in [2.24, 2.45) is 5.73 Å². The molecule has 24 heavy (non-hydrogen) atoms. The summed E-state index contributed by atoms with van der Waals surface area (Å²) in [7, 11) is 2.12. The molecule has 1 aliphatic carbocycles. The summed E-state index contributed by atoms with van der Waals surface area (Å²) >= 11 is 0. The molecule has 0 bridgehead atoms. The Morgan fingerprint density at radius 3 is 2.46 bits per heavy atom. The van der Waals surface area contributed by atoms with Gasteiger partial charge in [0.25, 0.3) is 0 Å². The zero-order valence-electron chi connectivity index (χ0n) is 14.4. The number of carbonyl (C=O) groups excluding carboxylic acids is 2. The fourth-order valence-electron chi connectivity index (χ4n) is 3.12. The number of amides is 3. The number of nitrogens with zero attached hydrogens (tertiary/aromatic N) is 1. The van der Waals surface area contributed by atoms with Crippen molar-refractivity contribution in [3.05, 3.63) is 29.8 Å². The molecule has 6 heteroatoms. The van der Waals surface area contributed by atoms with Crippen LogP contribution in [0.2, 0.25) is 0 Å². The van der Waals surface area contributed by atoms with Crippen LogP contribution in [0.3, 0.4) is 0 Å². The van der Waals surface area contributed by atoms with Gasteiger partial charge < -0.3 is 21.3 Å². The van der Waals surface area contributed by atoms with Gasteiger partial charge in [0.2, 0.25) is 5.91 Å². The van der Waals surface area contributed by atoms with Crippen molar-refractivity contribution in [2.45, 2.75) is 51.1 Å². The smallest absolute Gasteiger partial charge is 0.316 e. The first kappa shape index (κ1) is 18.3. The third-order valence-electron chi connectivity index (χ3n) is 4.60. The Hall–Kier alpha value is -2.08. The Kier molecular flexibility index (Phi) is 7.06. The van der Waals surface area contributed by atoms with E-state index < -0.39 is 6.03 Å². The van der Waals surface area contributed by atoms with E-state index in [4.69, 9.17) is 5.73 Å². The highest BCUT2D eigenvalue weighted by molar-refractivity contribution is 5.87. The summed E-state index contributed by atoms with van der Waals surface area (Å²) in [5.74, 6) is 0.0667. The number of hydrogen-bond acceptors (Lipinski definition) is 3. The average Bonchev–Trinajstić information content (AvgIpc) is 2.59. The van der Waals surface area contributed by atoms with E-state index in [1.165, 1.54) is 32.1 Å². The molecule has 132 valence electrons. The standard InChI is InChI=1S/C18H28N4O2/c1-22(16-5-3-2-4-6-16)12-11-17(23)20-13-14-7-9-15(10-8-14)21-18(19)24/h7-10,16H,2-6,11-13H2,1H3,(H,20,23)(H3,19,21,24). The summed E-state index contributed by atoms with van der Waals surface area (Å²) in [6.07, 6.45) is 6.99. The van der Waals surface area contributed by atoms with E-state index in [-0.39, 0.29) is 5.91 Å². The maximum atomic E-state index is 12.0. The fraction of sp³-hybridized carbons (Fsp3) is 0.556. The van der Waals surface area contributed by atoms with E-state index in [9.17, 15) is 9.59 Å². The zero-order chi connectivity index (χ0) is 17.4. The lowest BCUT2D eigenvalue weighted by molar-refractivity contribution is -0.121. The molecule has 0 radical (unpaired) electrons. The van der Waals surface area contributed by atoms with Crippen molar-refractivity contribution in [1.82, 2.24) is 10.2 Å². The molecule has 0 saturated heterocycles. The summed E-state index contributed by atoms with van der Waals surface area (Å²) in [6, 6.07) is 7.31. The van der Waals surface area contributed by atoms with Crippen molar-refractivity contribution >= 4 is 17.6 Å². The van der Waals surface area contributed by atoms with E-state index in [1.54, 1.807) is 12.1 Å². The highest BCUT2D eigenvalue weighted by Crippen LogP contribution is 2.21. The molecule has 1 fully saturated rings. The first-order chi connectivity index (χ1) is 11.5. The van der Waals surface area contributed by atoms with Crippen molar-refractivity contribution in [3.8, 4) is 0 Å². The van der Waals surface area contributed by atoms with E-state index in [0.717, 1.165) is 12.1 Å². The van der Waals surface area contributed by atoms with Crippen LogP contribution in [0.15, 0.2) is 24.3 Å². The number of benzene rings is 1. The van der Waals surface area contributed by atoms with Gasteiger partial charge in [-0.1, -0.05) is 31.4 Å². The molecule has 0 aliphatic heterocycles. The Balaban J connectivity index is 1.67. The number of anilines is 1. The molecule has 0 heterocycles. The van der Waals surface area contributed by atoms with Crippen LogP contribution < -0.4 is 16.4 Å². The summed E-state index contributed by atoms with van der Waals surface area (Å²) in [5, 5.41) is 5.45. The quantitative estimate of drug-likeness (QED) is 0.717. The highest BCUT2D eigenvalue weighted by Gasteiger charge is 2.18. The van der Waals surface area contributed by atoms with Crippen LogP contribution in [0.1, 0.15) is 44.1 Å². The van der Waals surface area contributed by atoms with Crippen LogP contribution in [-0.4, -0.2) is 36.5 Å². The highest BCUT2D eigenvalue weighted by atomic mass is 16.2. The lowest BCUT2D eigenvalue weighted by Gasteiger charge is -2.30. The van der Waals surface area contributed by atoms with Gasteiger partial charge in [0, 0.05) is 31.2 Å². The molecule has 1 aromatic rings. The Bertz CT molecular complexity index is 538. The minimum atomic E-state index is -0.585. The first-order valence-electron chi connectivity index (χ1n) is 8.67. The maximum absolute atomic E-state index is 12.0. The molecular weight excluding hydrogens is 304 g/mol. The predicted octanol–water partition coefficient (Wildman–Crippen LogP) is 2.45. The Morgan fingerprint density at radius 1 is 1.17 bits per heavy atom. The molecular formula is C18H28N4O2. The number of hydrogen-bond donors (Lipinski definition) is 3. The molecule has 6 nitrogen and oxygen atoms in total. The van der Waals surface area contributed by atoms with Crippen molar-refractivity contribution in [1.29, 1.82) is 0 Å². The molecule has 0 aromatic heterocycles. The molecule has 1 aromatic carbocycles. The maximum Gasteiger partial charge on any atom is 0.316 e. The molecule has 0 atom stereocenters. The number of nitrogens with two attached hydrogens (primary N) is 1. The zero-order valence-corrected chi connectivity index (χ0v) is 14.4. The lowest BCUT2D eigenvalue weighted by atomic mass is 9.94. The van der Waals surface area contributed by atoms with Gasteiger partial charge in [-0.25, -0.2) is 4.79 Å². The second-order valence-electron chi connectivity index (χ2n) is 6.49. The van der Waals surface area contributed by atoms with Gasteiger partial charge in [0.1, 0.15) is 0 Å². The summed E-state index contributed by atoms with van der Waals surface area (Å²) < 4.78 is 0. The summed E-state index contributed by atoms with van der Waals surface area (Å²) in [4.78, 5) is 25.1. The van der Waals surface area contributed by atoms with Gasteiger partial charge in [-0.15, -0.1) is 0 Å². The van der Waals surface area contributed by atoms with Crippen LogP contribution in [0, 0.1) is 0 Å². The lowest BCUT2D eigenvalue weighted by Crippen LogP contribution is -2.36. The summed E-state index contributed by atoms with van der Waals surface area (Å²) in [5.41, 5.74) is 6.69. The van der Waals surface area contributed by atoms with Gasteiger partial charge in [-0.05, 0) is 37.6 Å².